The van der Waals surface area contributed by atoms with Crippen LogP contribution in [0.3, 0.4) is 0 Å². The lowest BCUT2D eigenvalue weighted by Crippen LogP contribution is -2.49. The van der Waals surface area contributed by atoms with Crippen molar-refractivity contribution in [2.45, 2.75) is 30.8 Å². The molecule has 1 fully saturated rings. The van der Waals surface area contributed by atoms with Crippen molar-refractivity contribution < 1.29 is 17.9 Å². The van der Waals surface area contributed by atoms with Gasteiger partial charge >= 0.3 is 6.09 Å². The van der Waals surface area contributed by atoms with Gasteiger partial charge < -0.3 is 4.74 Å². The number of ether oxygens (including phenoxy) is 1. The van der Waals surface area contributed by atoms with Crippen molar-refractivity contribution in [3.63, 3.8) is 0 Å². The normalized spacial score (nSPS) is 23.3. The van der Waals surface area contributed by atoms with E-state index in [2.05, 4.69) is 6.58 Å². The van der Waals surface area contributed by atoms with E-state index in [-0.39, 0.29) is 11.4 Å². The second kappa shape index (κ2) is 4.94. The number of benzene rings is 1. The Morgan fingerprint density at radius 2 is 1.95 bits per heavy atom. The van der Waals surface area contributed by atoms with E-state index in [1.54, 1.807) is 19.1 Å². The quantitative estimate of drug-likeness (QED) is 0.804. The predicted molar refractivity (Wildman–Crippen MR) is 74.8 cm³/mol. The monoisotopic (exact) mass is 295 g/mol. The van der Waals surface area contributed by atoms with Gasteiger partial charge in [0.05, 0.1) is 4.90 Å². The van der Waals surface area contributed by atoms with Gasteiger partial charge in [0.25, 0.3) is 10.0 Å². The van der Waals surface area contributed by atoms with E-state index in [9.17, 15) is 13.2 Å². The fourth-order valence-electron chi connectivity index (χ4n) is 1.92. The molecule has 0 aromatic heterocycles. The summed E-state index contributed by atoms with van der Waals surface area (Å²) in [4.78, 5) is 12.0. The standard InChI is InChI=1S/C14H17NO4S/c1-4-14(3)9-10-15(13(16)19-14)20(17,18)12-7-5-11(2)6-8-12/h4-8H,1,9-10H2,2-3H3/t14-/m0/s1. The predicted octanol–water partition coefficient (Wildman–Crippen LogP) is 2.47. The zero-order valence-corrected chi connectivity index (χ0v) is 12.3. The Bertz CT molecular complexity index is 636. The van der Waals surface area contributed by atoms with Gasteiger partial charge in [0, 0.05) is 13.0 Å². The van der Waals surface area contributed by atoms with Crippen LogP contribution >= 0.6 is 0 Å². The van der Waals surface area contributed by atoms with Gasteiger partial charge in [-0.3, -0.25) is 0 Å². The highest BCUT2D eigenvalue weighted by atomic mass is 32.2. The van der Waals surface area contributed by atoms with E-state index in [4.69, 9.17) is 4.74 Å². The number of aryl methyl sites for hydroxylation is 1. The van der Waals surface area contributed by atoms with Crippen molar-refractivity contribution in [1.29, 1.82) is 0 Å². The van der Waals surface area contributed by atoms with Gasteiger partial charge in [0.15, 0.2) is 0 Å². The number of sulfonamides is 1. The fourth-order valence-corrected chi connectivity index (χ4v) is 3.22. The first-order valence-corrected chi connectivity index (χ1v) is 7.68. The minimum absolute atomic E-state index is 0.0809. The first kappa shape index (κ1) is 14.6. The molecule has 2 rings (SSSR count). The molecule has 0 bridgehead atoms. The smallest absolute Gasteiger partial charge is 0.424 e. The van der Waals surface area contributed by atoms with Crippen LogP contribution in [0.5, 0.6) is 0 Å². The zero-order valence-electron chi connectivity index (χ0n) is 11.5. The third-order valence-corrected chi connectivity index (χ3v) is 5.16. The summed E-state index contributed by atoms with van der Waals surface area (Å²) in [6.07, 6.45) is 1.04. The molecule has 1 aliphatic rings. The second-order valence-corrected chi connectivity index (χ2v) is 6.89. The van der Waals surface area contributed by atoms with Crippen molar-refractivity contribution in [2.24, 2.45) is 0 Å². The summed E-state index contributed by atoms with van der Waals surface area (Å²) in [7, 11) is -3.86. The van der Waals surface area contributed by atoms with Crippen LogP contribution in [0, 0.1) is 6.92 Å². The number of rotatable bonds is 3. The fraction of sp³-hybridized carbons (Fsp3) is 0.357. The number of hydrogen-bond donors (Lipinski definition) is 0. The largest absolute Gasteiger partial charge is 0.438 e. The van der Waals surface area contributed by atoms with Gasteiger partial charge in [0.2, 0.25) is 0 Å². The molecule has 1 aliphatic heterocycles. The summed E-state index contributed by atoms with van der Waals surface area (Å²) in [6, 6.07) is 6.35. The average molecular weight is 295 g/mol. The number of carbonyl (C=O) groups excluding carboxylic acids is 1. The Labute approximate surface area is 118 Å². The van der Waals surface area contributed by atoms with Gasteiger partial charge in [-0.25, -0.2) is 17.5 Å². The molecule has 1 aromatic carbocycles. The molecule has 0 radical (unpaired) electrons. The summed E-state index contributed by atoms with van der Waals surface area (Å²) >= 11 is 0. The third kappa shape index (κ3) is 2.56. The van der Waals surface area contributed by atoms with Gasteiger partial charge in [-0.15, -0.1) is 0 Å². The van der Waals surface area contributed by atoms with Crippen LogP contribution in [0.4, 0.5) is 4.79 Å². The lowest BCUT2D eigenvalue weighted by atomic mass is 10.0. The van der Waals surface area contributed by atoms with E-state index in [0.717, 1.165) is 9.87 Å². The van der Waals surface area contributed by atoms with Gasteiger partial charge in [-0.2, -0.15) is 0 Å². The molecular weight excluding hydrogens is 278 g/mol. The Hall–Kier alpha value is -1.82. The first-order valence-electron chi connectivity index (χ1n) is 6.24. The van der Waals surface area contributed by atoms with Crippen LogP contribution in [0.1, 0.15) is 18.9 Å². The Kier molecular flexibility index (Phi) is 3.60. The maximum atomic E-state index is 12.4. The molecular formula is C14H17NO4S. The molecule has 0 spiro atoms. The van der Waals surface area contributed by atoms with Crippen LogP contribution in [-0.2, 0) is 14.8 Å². The summed E-state index contributed by atoms with van der Waals surface area (Å²) in [5.41, 5.74) is 0.139. The number of hydrogen-bond acceptors (Lipinski definition) is 4. The van der Waals surface area contributed by atoms with E-state index in [0.29, 0.717) is 6.42 Å². The van der Waals surface area contributed by atoms with Gasteiger partial charge in [-0.05, 0) is 32.1 Å². The average Bonchev–Trinajstić information content (AvgIpc) is 2.39. The Morgan fingerprint density at radius 1 is 1.35 bits per heavy atom. The maximum absolute atomic E-state index is 12.4. The highest BCUT2D eigenvalue weighted by Crippen LogP contribution is 2.28. The minimum Gasteiger partial charge on any atom is -0.438 e. The molecule has 0 N–H and O–H groups in total. The summed E-state index contributed by atoms with van der Waals surface area (Å²) < 4.78 is 30.7. The highest BCUT2D eigenvalue weighted by molar-refractivity contribution is 7.89. The Balaban J connectivity index is 2.30. The SMILES string of the molecule is C=C[C@@]1(C)CCN(S(=O)(=O)c2ccc(C)cc2)C(=O)O1. The van der Waals surface area contributed by atoms with Gasteiger partial charge in [-0.1, -0.05) is 24.3 Å². The van der Waals surface area contributed by atoms with Crippen molar-refractivity contribution in [3.05, 3.63) is 42.5 Å². The molecule has 0 unspecified atom stereocenters. The van der Waals surface area contributed by atoms with E-state index in [1.807, 2.05) is 6.92 Å². The molecule has 20 heavy (non-hydrogen) atoms. The molecule has 1 atom stereocenters. The molecule has 1 amide bonds. The molecule has 5 nitrogen and oxygen atoms in total. The molecule has 1 saturated heterocycles. The summed E-state index contributed by atoms with van der Waals surface area (Å²) in [6.45, 7) is 7.25. The van der Waals surface area contributed by atoms with Crippen molar-refractivity contribution in [1.82, 2.24) is 4.31 Å². The van der Waals surface area contributed by atoms with Crippen LogP contribution in [0.15, 0.2) is 41.8 Å². The lowest BCUT2D eigenvalue weighted by molar-refractivity contribution is 0.0127. The zero-order chi connectivity index (χ0) is 15.0. The molecule has 0 saturated carbocycles. The topological polar surface area (TPSA) is 63.7 Å². The van der Waals surface area contributed by atoms with E-state index in [1.165, 1.54) is 18.2 Å². The highest BCUT2D eigenvalue weighted by Gasteiger charge is 2.40. The van der Waals surface area contributed by atoms with Crippen LogP contribution in [-0.4, -0.2) is 31.0 Å². The van der Waals surface area contributed by atoms with Crippen molar-refractivity contribution >= 4 is 16.1 Å². The van der Waals surface area contributed by atoms with Crippen molar-refractivity contribution in [3.8, 4) is 0 Å². The lowest BCUT2D eigenvalue weighted by Gasteiger charge is -2.36. The summed E-state index contributed by atoms with van der Waals surface area (Å²) in [5, 5.41) is 0. The number of cyclic esters (lactones) is 1. The molecule has 1 aromatic rings. The molecule has 6 heteroatoms. The van der Waals surface area contributed by atoms with E-state index < -0.39 is 21.7 Å². The minimum atomic E-state index is -3.86. The second-order valence-electron chi connectivity index (χ2n) is 5.02. The van der Waals surface area contributed by atoms with Crippen LogP contribution < -0.4 is 0 Å². The molecule has 0 aliphatic carbocycles. The van der Waals surface area contributed by atoms with Crippen LogP contribution in [0.2, 0.25) is 0 Å². The van der Waals surface area contributed by atoms with Gasteiger partial charge in [0.1, 0.15) is 5.60 Å². The Morgan fingerprint density at radius 3 is 2.45 bits per heavy atom. The van der Waals surface area contributed by atoms with Crippen LogP contribution in [0.25, 0.3) is 0 Å². The third-order valence-electron chi connectivity index (χ3n) is 3.38. The maximum Gasteiger partial charge on any atom is 0.424 e. The molecule has 1 heterocycles. The van der Waals surface area contributed by atoms with Crippen molar-refractivity contribution in [2.75, 3.05) is 6.54 Å². The number of nitrogens with zero attached hydrogens (tertiary/aromatic N) is 1. The first-order chi connectivity index (χ1) is 9.28. The summed E-state index contributed by atoms with van der Waals surface area (Å²) in [5.74, 6) is 0. The number of amides is 1. The van der Waals surface area contributed by atoms with E-state index >= 15 is 0 Å². The molecule has 108 valence electrons. The number of carbonyl (C=O) groups is 1.